The van der Waals surface area contributed by atoms with Crippen LogP contribution in [0.5, 0.6) is 5.75 Å². The van der Waals surface area contributed by atoms with Gasteiger partial charge in [0.15, 0.2) is 0 Å². The lowest BCUT2D eigenvalue weighted by Crippen LogP contribution is -2.24. The highest BCUT2D eigenvalue weighted by Gasteiger charge is 2.33. The van der Waals surface area contributed by atoms with E-state index in [0.29, 0.717) is 19.6 Å². The molecule has 0 spiro atoms. The third-order valence-corrected chi connectivity index (χ3v) is 4.63. The number of carbonyl (C=O) groups excluding carboxylic acids is 1. The second-order valence-corrected chi connectivity index (χ2v) is 6.47. The van der Waals surface area contributed by atoms with Crippen LogP contribution < -0.4 is 9.64 Å². The normalized spacial score (nSPS) is 17.4. The molecule has 4 rings (SSSR count). The van der Waals surface area contributed by atoms with Crippen LogP contribution in [0.1, 0.15) is 30.7 Å². The Balaban J connectivity index is 1.56. The van der Waals surface area contributed by atoms with Gasteiger partial charge in [0.05, 0.1) is 17.6 Å². The average molecular weight is 335 g/mol. The fourth-order valence-electron chi connectivity index (χ4n) is 3.37. The highest BCUT2D eigenvalue weighted by Crippen LogP contribution is 2.32. The number of fused-ring (bicyclic) bond motifs is 1. The van der Waals surface area contributed by atoms with Crippen LogP contribution >= 0.6 is 0 Å². The van der Waals surface area contributed by atoms with E-state index < -0.39 is 0 Å². The van der Waals surface area contributed by atoms with Gasteiger partial charge in [-0.1, -0.05) is 6.07 Å². The summed E-state index contributed by atoms with van der Waals surface area (Å²) in [5.74, 6) is 1.93. The summed E-state index contributed by atoms with van der Waals surface area (Å²) in [6.45, 7) is 5.30. The van der Waals surface area contributed by atoms with E-state index in [1.165, 1.54) is 5.56 Å². The van der Waals surface area contributed by atoms with Crippen LogP contribution in [0.15, 0.2) is 42.5 Å². The van der Waals surface area contributed by atoms with Crippen molar-refractivity contribution < 1.29 is 9.53 Å². The SMILES string of the molecule is CCOc1ccc(N2CC(c3nc4ccc(C)cc4[nH]3)CC2=O)cc1. The number of nitrogens with one attached hydrogen (secondary N) is 1. The highest BCUT2D eigenvalue weighted by molar-refractivity contribution is 5.96. The molecule has 1 N–H and O–H groups in total. The number of aromatic amines is 1. The van der Waals surface area contributed by atoms with Gasteiger partial charge >= 0.3 is 0 Å². The van der Waals surface area contributed by atoms with Gasteiger partial charge in [-0.3, -0.25) is 4.79 Å². The summed E-state index contributed by atoms with van der Waals surface area (Å²) in [5, 5.41) is 0. The lowest BCUT2D eigenvalue weighted by Gasteiger charge is -2.16. The van der Waals surface area contributed by atoms with Crippen molar-refractivity contribution in [2.75, 3.05) is 18.1 Å². The van der Waals surface area contributed by atoms with Crippen molar-refractivity contribution in [2.24, 2.45) is 0 Å². The van der Waals surface area contributed by atoms with Gasteiger partial charge in [-0.05, 0) is 55.8 Å². The molecule has 5 heteroatoms. The number of rotatable bonds is 4. The summed E-state index contributed by atoms with van der Waals surface area (Å²) in [6, 6.07) is 13.9. The maximum absolute atomic E-state index is 12.5. The van der Waals surface area contributed by atoms with Crippen LogP contribution in [0, 0.1) is 6.92 Å². The van der Waals surface area contributed by atoms with E-state index in [1.54, 1.807) is 0 Å². The lowest BCUT2D eigenvalue weighted by atomic mass is 10.1. The van der Waals surface area contributed by atoms with Crippen molar-refractivity contribution in [3.05, 3.63) is 53.9 Å². The third-order valence-electron chi connectivity index (χ3n) is 4.63. The number of anilines is 1. The van der Waals surface area contributed by atoms with Crippen LogP contribution in [-0.2, 0) is 4.79 Å². The summed E-state index contributed by atoms with van der Waals surface area (Å²) in [6.07, 6.45) is 0.478. The smallest absolute Gasteiger partial charge is 0.227 e. The number of amides is 1. The number of carbonyl (C=O) groups is 1. The van der Waals surface area contributed by atoms with Crippen molar-refractivity contribution in [1.29, 1.82) is 0 Å². The van der Waals surface area contributed by atoms with Gasteiger partial charge < -0.3 is 14.6 Å². The van der Waals surface area contributed by atoms with Crippen LogP contribution in [-0.4, -0.2) is 29.0 Å². The fraction of sp³-hybridized carbons (Fsp3) is 0.300. The Morgan fingerprint density at radius 2 is 2.04 bits per heavy atom. The predicted octanol–water partition coefficient (Wildman–Crippen LogP) is 3.79. The Hall–Kier alpha value is -2.82. The molecule has 0 bridgehead atoms. The van der Waals surface area contributed by atoms with Crippen molar-refractivity contribution in [2.45, 2.75) is 26.2 Å². The molecule has 2 aromatic carbocycles. The monoisotopic (exact) mass is 335 g/mol. The van der Waals surface area contributed by atoms with Gasteiger partial charge in [0.1, 0.15) is 11.6 Å². The summed E-state index contributed by atoms with van der Waals surface area (Å²) >= 11 is 0. The first-order valence-electron chi connectivity index (χ1n) is 8.63. The first-order chi connectivity index (χ1) is 12.1. The first-order valence-corrected chi connectivity index (χ1v) is 8.63. The second kappa shape index (κ2) is 6.24. The van der Waals surface area contributed by atoms with E-state index in [1.807, 2.05) is 42.2 Å². The minimum Gasteiger partial charge on any atom is -0.494 e. The minimum absolute atomic E-state index is 0.0896. The third kappa shape index (κ3) is 2.97. The summed E-state index contributed by atoms with van der Waals surface area (Å²) in [4.78, 5) is 22.4. The number of hydrogen-bond acceptors (Lipinski definition) is 3. The zero-order valence-electron chi connectivity index (χ0n) is 14.5. The van der Waals surface area contributed by atoms with E-state index in [2.05, 4.69) is 29.0 Å². The maximum atomic E-state index is 12.5. The van der Waals surface area contributed by atoms with E-state index in [0.717, 1.165) is 28.3 Å². The molecule has 0 aliphatic carbocycles. The second-order valence-electron chi connectivity index (χ2n) is 6.47. The summed E-state index contributed by atoms with van der Waals surface area (Å²) in [5.41, 5.74) is 4.08. The van der Waals surface area contributed by atoms with Crippen molar-refractivity contribution in [1.82, 2.24) is 9.97 Å². The van der Waals surface area contributed by atoms with Gasteiger partial charge in [0, 0.05) is 24.6 Å². The Morgan fingerprint density at radius 1 is 1.24 bits per heavy atom. The number of nitrogens with zero attached hydrogens (tertiary/aromatic N) is 2. The van der Waals surface area contributed by atoms with E-state index >= 15 is 0 Å². The maximum Gasteiger partial charge on any atom is 0.227 e. The quantitative estimate of drug-likeness (QED) is 0.789. The number of benzene rings is 2. The molecule has 25 heavy (non-hydrogen) atoms. The Morgan fingerprint density at radius 3 is 2.80 bits per heavy atom. The number of aromatic nitrogens is 2. The Bertz CT molecular complexity index is 914. The van der Waals surface area contributed by atoms with Crippen molar-refractivity contribution in [3.8, 4) is 5.75 Å². The molecule has 1 aromatic heterocycles. The molecule has 1 amide bonds. The molecule has 0 radical (unpaired) electrons. The van der Waals surface area contributed by atoms with E-state index in [-0.39, 0.29) is 11.8 Å². The Kier molecular flexibility index (Phi) is 3.92. The zero-order valence-corrected chi connectivity index (χ0v) is 14.5. The number of ether oxygens (including phenoxy) is 1. The molecule has 1 fully saturated rings. The van der Waals surface area contributed by atoms with Crippen molar-refractivity contribution in [3.63, 3.8) is 0 Å². The number of H-pyrrole nitrogens is 1. The minimum atomic E-state index is 0.0896. The molecule has 2 heterocycles. The van der Waals surface area contributed by atoms with Crippen LogP contribution in [0.3, 0.4) is 0 Å². The molecule has 1 unspecified atom stereocenters. The first kappa shape index (κ1) is 15.7. The van der Waals surface area contributed by atoms with E-state index in [4.69, 9.17) is 4.74 Å². The zero-order chi connectivity index (χ0) is 17.4. The van der Waals surface area contributed by atoms with Crippen LogP contribution in [0.2, 0.25) is 0 Å². The molecular formula is C20H21N3O2. The van der Waals surface area contributed by atoms with Crippen LogP contribution in [0.25, 0.3) is 11.0 Å². The number of aryl methyl sites for hydroxylation is 1. The van der Waals surface area contributed by atoms with Crippen molar-refractivity contribution >= 4 is 22.6 Å². The number of hydrogen-bond donors (Lipinski definition) is 1. The summed E-state index contributed by atoms with van der Waals surface area (Å²) in [7, 11) is 0. The van der Waals surface area contributed by atoms with Gasteiger partial charge in [-0.2, -0.15) is 0 Å². The molecule has 128 valence electrons. The summed E-state index contributed by atoms with van der Waals surface area (Å²) < 4.78 is 5.47. The molecular weight excluding hydrogens is 314 g/mol. The fourth-order valence-corrected chi connectivity index (χ4v) is 3.37. The van der Waals surface area contributed by atoms with Gasteiger partial charge in [0.25, 0.3) is 0 Å². The Labute approximate surface area is 146 Å². The van der Waals surface area contributed by atoms with Gasteiger partial charge in [0.2, 0.25) is 5.91 Å². The topological polar surface area (TPSA) is 58.2 Å². The molecule has 1 aliphatic heterocycles. The molecule has 3 aromatic rings. The predicted molar refractivity (Wildman–Crippen MR) is 98.2 cm³/mol. The lowest BCUT2D eigenvalue weighted by molar-refractivity contribution is -0.117. The standard InChI is InChI=1S/C20H21N3O2/c1-3-25-16-7-5-15(6-8-16)23-12-14(11-19(23)24)20-21-17-9-4-13(2)10-18(17)22-20/h4-10,14H,3,11-12H2,1-2H3,(H,21,22). The molecule has 1 atom stereocenters. The highest BCUT2D eigenvalue weighted by atomic mass is 16.5. The van der Waals surface area contributed by atoms with Gasteiger partial charge in [-0.25, -0.2) is 4.98 Å². The van der Waals surface area contributed by atoms with E-state index in [9.17, 15) is 4.79 Å². The van der Waals surface area contributed by atoms with Crippen LogP contribution in [0.4, 0.5) is 5.69 Å². The molecule has 1 aliphatic rings. The average Bonchev–Trinajstić information content (AvgIpc) is 3.19. The number of imidazole rings is 1. The van der Waals surface area contributed by atoms with Gasteiger partial charge in [-0.15, -0.1) is 0 Å². The molecule has 0 saturated carbocycles. The molecule has 5 nitrogen and oxygen atoms in total. The largest absolute Gasteiger partial charge is 0.494 e. The molecule has 1 saturated heterocycles.